The normalized spacial score (nSPS) is 24.9. The van der Waals surface area contributed by atoms with Gasteiger partial charge in [0.1, 0.15) is 17.5 Å². The third-order valence-corrected chi connectivity index (χ3v) is 5.65. The van der Waals surface area contributed by atoms with Crippen LogP contribution in [0.25, 0.3) is 5.69 Å². The first kappa shape index (κ1) is 17.9. The van der Waals surface area contributed by atoms with Gasteiger partial charge in [-0.3, -0.25) is 9.78 Å². The largest absolute Gasteiger partial charge is 0.393 e. The third kappa shape index (κ3) is 3.41. The van der Waals surface area contributed by atoms with Crippen molar-refractivity contribution in [3.8, 4) is 5.69 Å². The average Bonchev–Trinajstić information content (AvgIpc) is 2.61. The summed E-state index contributed by atoms with van der Waals surface area (Å²) in [5.41, 5.74) is -1.03. The standard InChI is InChI=1S/C19H21F2N3O3/c20-11-7-12(21)9-13(8-11)24-18(26)15-5-6-16(22-17(15)23-19(24)27)10-1-3-14(25)4-2-10/h7-10,14,16,22,25H,1-6H2,(H,23,27)/t10?,14?,16-/m1/s1. The fourth-order valence-electron chi connectivity index (χ4n) is 4.25. The first-order chi connectivity index (χ1) is 12.9. The van der Waals surface area contributed by atoms with E-state index in [1.54, 1.807) is 0 Å². The van der Waals surface area contributed by atoms with Gasteiger partial charge >= 0.3 is 5.69 Å². The van der Waals surface area contributed by atoms with Crippen molar-refractivity contribution in [3.63, 3.8) is 0 Å². The van der Waals surface area contributed by atoms with E-state index in [-0.39, 0.29) is 17.8 Å². The van der Waals surface area contributed by atoms with Gasteiger partial charge in [-0.2, -0.15) is 0 Å². The van der Waals surface area contributed by atoms with E-state index in [0.29, 0.717) is 29.8 Å². The lowest BCUT2D eigenvalue weighted by molar-refractivity contribution is 0.102. The molecule has 1 fully saturated rings. The summed E-state index contributed by atoms with van der Waals surface area (Å²) in [7, 11) is 0. The quantitative estimate of drug-likeness (QED) is 0.748. The lowest BCUT2D eigenvalue weighted by atomic mass is 9.79. The number of nitrogens with one attached hydrogen (secondary N) is 2. The second kappa shape index (κ2) is 6.92. The first-order valence-corrected chi connectivity index (χ1v) is 9.21. The van der Waals surface area contributed by atoms with Gasteiger partial charge in [0.2, 0.25) is 0 Å². The molecule has 2 aliphatic rings. The highest BCUT2D eigenvalue weighted by Crippen LogP contribution is 2.32. The molecular weight excluding hydrogens is 356 g/mol. The minimum Gasteiger partial charge on any atom is -0.393 e. The number of H-pyrrole nitrogens is 1. The van der Waals surface area contributed by atoms with Gasteiger partial charge < -0.3 is 10.4 Å². The Morgan fingerprint density at radius 1 is 1.00 bits per heavy atom. The Kier molecular flexibility index (Phi) is 4.59. The highest BCUT2D eigenvalue weighted by atomic mass is 19.1. The Morgan fingerprint density at radius 2 is 1.67 bits per heavy atom. The highest BCUT2D eigenvalue weighted by molar-refractivity contribution is 5.48. The number of anilines is 1. The first-order valence-electron chi connectivity index (χ1n) is 9.21. The SMILES string of the molecule is O=c1[nH]c2c(c(=O)n1-c1cc(F)cc(F)c1)CC[C@H](C1CCC(O)CC1)N2. The summed E-state index contributed by atoms with van der Waals surface area (Å²) in [6.45, 7) is 0. The molecule has 1 aliphatic heterocycles. The summed E-state index contributed by atoms with van der Waals surface area (Å²) in [5, 5.41) is 12.9. The maximum absolute atomic E-state index is 13.5. The van der Waals surface area contributed by atoms with Crippen molar-refractivity contribution in [2.75, 3.05) is 5.32 Å². The monoisotopic (exact) mass is 377 g/mol. The molecule has 0 spiro atoms. The van der Waals surface area contributed by atoms with Gasteiger partial charge in [-0.1, -0.05) is 0 Å². The van der Waals surface area contributed by atoms with Crippen LogP contribution in [0.5, 0.6) is 0 Å². The minimum atomic E-state index is -0.855. The van der Waals surface area contributed by atoms with Crippen LogP contribution >= 0.6 is 0 Å². The summed E-state index contributed by atoms with van der Waals surface area (Å²) in [5.74, 6) is -0.941. The molecule has 0 amide bonds. The van der Waals surface area contributed by atoms with Gasteiger partial charge in [-0.05, 0) is 56.6 Å². The summed E-state index contributed by atoms with van der Waals surface area (Å²) >= 11 is 0. The number of aliphatic hydroxyl groups excluding tert-OH is 1. The molecule has 2 aromatic rings. The van der Waals surface area contributed by atoms with Crippen molar-refractivity contribution in [1.29, 1.82) is 0 Å². The maximum atomic E-state index is 13.5. The molecule has 1 aromatic heterocycles. The number of hydrogen-bond acceptors (Lipinski definition) is 4. The fraction of sp³-hybridized carbons (Fsp3) is 0.474. The highest BCUT2D eigenvalue weighted by Gasteiger charge is 2.31. The van der Waals surface area contributed by atoms with Crippen molar-refractivity contribution < 1.29 is 13.9 Å². The molecule has 8 heteroatoms. The second-order valence-corrected chi connectivity index (χ2v) is 7.41. The van der Waals surface area contributed by atoms with E-state index in [9.17, 15) is 23.5 Å². The van der Waals surface area contributed by atoms with Crippen molar-refractivity contribution in [2.24, 2.45) is 5.92 Å². The molecule has 6 nitrogen and oxygen atoms in total. The zero-order valence-electron chi connectivity index (χ0n) is 14.7. The van der Waals surface area contributed by atoms with Crippen LogP contribution in [-0.4, -0.2) is 26.8 Å². The molecule has 3 N–H and O–H groups in total. The van der Waals surface area contributed by atoms with Crippen molar-refractivity contribution in [3.05, 3.63) is 56.2 Å². The number of aromatic nitrogens is 2. The Morgan fingerprint density at radius 3 is 2.33 bits per heavy atom. The summed E-state index contributed by atoms with van der Waals surface area (Å²) in [6, 6.07) is 2.73. The van der Waals surface area contributed by atoms with E-state index in [2.05, 4.69) is 10.3 Å². The number of aromatic amines is 1. The molecule has 1 aliphatic carbocycles. The molecule has 2 heterocycles. The lowest BCUT2D eigenvalue weighted by Gasteiger charge is -2.36. The molecule has 1 aromatic carbocycles. The minimum absolute atomic E-state index is 0.127. The third-order valence-electron chi connectivity index (χ3n) is 5.65. The van der Waals surface area contributed by atoms with Crippen molar-refractivity contribution in [2.45, 2.75) is 50.7 Å². The van der Waals surface area contributed by atoms with Gasteiger partial charge in [-0.15, -0.1) is 0 Å². The predicted molar refractivity (Wildman–Crippen MR) is 96.3 cm³/mol. The lowest BCUT2D eigenvalue weighted by Crippen LogP contribution is -2.43. The summed E-state index contributed by atoms with van der Waals surface area (Å²) in [4.78, 5) is 27.9. The van der Waals surface area contributed by atoms with Crippen LogP contribution in [0.2, 0.25) is 0 Å². The summed E-state index contributed by atoms with van der Waals surface area (Å²) in [6.07, 6.45) is 4.29. The van der Waals surface area contributed by atoms with Crippen LogP contribution in [-0.2, 0) is 6.42 Å². The second-order valence-electron chi connectivity index (χ2n) is 7.41. The van der Waals surface area contributed by atoms with E-state index in [1.165, 1.54) is 0 Å². The number of halogens is 2. The summed E-state index contributed by atoms with van der Waals surface area (Å²) < 4.78 is 27.8. The zero-order chi connectivity index (χ0) is 19.1. The van der Waals surface area contributed by atoms with Gasteiger partial charge in [0, 0.05) is 12.1 Å². The van der Waals surface area contributed by atoms with E-state index >= 15 is 0 Å². The van der Waals surface area contributed by atoms with E-state index in [1.807, 2.05) is 0 Å². The molecule has 27 heavy (non-hydrogen) atoms. The van der Waals surface area contributed by atoms with Crippen LogP contribution in [0.3, 0.4) is 0 Å². The zero-order valence-corrected chi connectivity index (χ0v) is 14.7. The van der Waals surface area contributed by atoms with E-state index in [0.717, 1.165) is 48.8 Å². The van der Waals surface area contributed by atoms with Crippen LogP contribution in [0.1, 0.15) is 37.7 Å². The molecule has 0 saturated heterocycles. The number of benzene rings is 1. The van der Waals surface area contributed by atoms with Crippen LogP contribution in [0.15, 0.2) is 27.8 Å². The average molecular weight is 377 g/mol. The van der Waals surface area contributed by atoms with Crippen LogP contribution in [0.4, 0.5) is 14.6 Å². The van der Waals surface area contributed by atoms with Crippen LogP contribution in [0, 0.1) is 17.6 Å². The Bertz CT molecular complexity index is 957. The molecule has 144 valence electrons. The number of fused-ring (bicyclic) bond motifs is 1. The van der Waals surface area contributed by atoms with Crippen molar-refractivity contribution in [1.82, 2.24) is 9.55 Å². The number of nitrogens with zero attached hydrogens (tertiary/aromatic N) is 1. The predicted octanol–water partition coefficient (Wildman–Crippen LogP) is 2.08. The number of aliphatic hydroxyl groups is 1. The molecule has 4 rings (SSSR count). The molecule has 0 radical (unpaired) electrons. The number of rotatable bonds is 2. The van der Waals surface area contributed by atoms with Gasteiger partial charge in [0.25, 0.3) is 5.56 Å². The smallest absolute Gasteiger partial charge is 0.334 e. The maximum Gasteiger partial charge on any atom is 0.334 e. The van der Waals surface area contributed by atoms with E-state index in [4.69, 9.17) is 0 Å². The molecule has 1 saturated carbocycles. The molecule has 0 bridgehead atoms. The fourth-order valence-corrected chi connectivity index (χ4v) is 4.25. The van der Waals surface area contributed by atoms with Crippen molar-refractivity contribution >= 4 is 5.82 Å². The topological polar surface area (TPSA) is 87.1 Å². The Hall–Kier alpha value is -2.48. The molecule has 0 unspecified atom stereocenters. The van der Waals surface area contributed by atoms with E-state index < -0.39 is 22.9 Å². The molecular formula is C19H21F2N3O3. The number of hydrogen-bond donors (Lipinski definition) is 3. The molecule has 1 atom stereocenters. The van der Waals surface area contributed by atoms with Gasteiger partial charge in [0.15, 0.2) is 0 Å². The van der Waals surface area contributed by atoms with Crippen LogP contribution < -0.4 is 16.6 Å². The Balaban J connectivity index is 1.67. The van der Waals surface area contributed by atoms with Gasteiger partial charge in [0.05, 0.1) is 17.4 Å². The van der Waals surface area contributed by atoms with Gasteiger partial charge in [-0.25, -0.2) is 18.1 Å². The Labute approximate surface area is 153 Å².